The second kappa shape index (κ2) is 8.27. The van der Waals surface area contributed by atoms with Crippen LogP contribution in [0.15, 0.2) is 36.4 Å². The van der Waals surface area contributed by atoms with Crippen molar-refractivity contribution in [1.82, 2.24) is 0 Å². The van der Waals surface area contributed by atoms with Crippen LogP contribution in [0, 0.1) is 0 Å². The molecule has 0 saturated carbocycles. The minimum absolute atomic E-state index is 0.0829. The summed E-state index contributed by atoms with van der Waals surface area (Å²) in [7, 11) is 1.85. The summed E-state index contributed by atoms with van der Waals surface area (Å²) in [6.45, 7) is 1.39. The summed E-state index contributed by atoms with van der Waals surface area (Å²) in [5, 5.41) is 9.41. The molecular formula is C18H18BF3O4. The second-order valence-corrected chi connectivity index (χ2v) is 5.67. The van der Waals surface area contributed by atoms with Crippen LogP contribution in [0.1, 0.15) is 23.6 Å². The van der Waals surface area contributed by atoms with Crippen LogP contribution in [0.3, 0.4) is 0 Å². The van der Waals surface area contributed by atoms with Gasteiger partial charge >= 0.3 is 12.1 Å². The maximum absolute atomic E-state index is 13.2. The molecule has 2 rings (SSSR count). The molecule has 2 aromatic rings. The molecule has 0 fully saturated rings. The molecule has 0 saturated heterocycles. The third-order valence-electron chi connectivity index (χ3n) is 3.64. The topological polar surface area (TPSA) is 55.8 Å². The Morgan fingerprint density at radius 3 is 2.50 bits per heavy atom. The monoisotopic (exact) mass is 366 g/mol. The van der Waals surface area contributed by atoms with Gasteiger partial charge in [-0.2, -0.15) is 13.2 Å². The first kappa shape index (κ1) is 19.8. The molecule has 2 aromatic carbocycles. The Morgan fingerprint density at radius 1 is 1.15 bits per heavy atom. The average molecular weight is 366 g/mol. The summed E-state index contributed by atoms with van der Waals surface area (Å²) < 4.78 is 49.9. The number of aliphatic hydroxyl groups is 1. The normalized spacial score (nSPS) is 11.3. The van der Waals surface area contributed by atoms with Crippen LogP contribution >= 0.6 is 0 Å². The van der Waals surface area contributed by atoms with Crippen molar-refractivity contribution in [3.63, 3.8) is 0 Å². The molecule has 0 aliphatic rings. The van der Waals surface area contributed by atoms with E-state index in [9.17, 15) is 23.1 Å². The lowest BCUT2D eigenvalue weighted by Crippen LogP contribution is -2.14. The van der Waals surface area contributed by atoms with E-state index in [0.29, 0.717) is 11.3 Å². The van der Waals surface area contributed by atoms with E-state index >= 15 is 0 Å². The van der Waals surface area contributed by atoms with E-state index in [1.165, 1.54) is 12.1 Å². The fraction of sp³-hybridized carbons (Fsp3) is 0.278. The van der Waals surface area contributed by atoms with Crippen LogP contribution in [0.2, 0.25) is 0 Å². The smallest absolute Gasteiger partial charge is 0.416 e. The SMILES string of the molecule is Bc1ccc(Oc2ccc(C(F)(F)F)c(CC(=O)OCC)c2)c(CO)c1. The molecule has 0 spiro atoms. The number of benzene rings is 2. The van der Waals surface area contributed by atoms with Gasteiger partial charge in [-0.25, -0.2) is 0 Å². The van der Waals surface area contributed by atoms with Crippen molar-refractivity contribution in [2.75, 3.05) is 6.61 Å². The van der Waals surface area contributed by atoms with E-state index < -0.39 is 24.1 Å². The van der Waals surface area contributed by atoms with Crippen molar-refractivity contribution >= 4 is 19.3 Å². The Labute approximate surface area is 150 Å². The maximum Gasteiger partial charge on any atom is 0.416 e. The molecule has 4 nitrogen and oxygen atoms in total. The van der Waals surface area contributed by atoms with Gasteiger partial charge in [0.1, 0.15) is 19.3 Å². The molecule has 1 N–H and O–H groups in total. The highest BCUT2D eigenvalue weighted by Gasteiger charge is 2.34. The summed E-state index contributed by atoms with van der Waals surface area (Å²) in [5.41, 5.74) is 0.281. The fourth-order valence-corrected chi connectivity index (χ4v) is 2.48. The van der Waals surface area contributed by atoms with Crippen LogP contribution in [0.5, 0.6) is 11.5 Å². The van der Waals surface area contributed by atoms with Gasteiger partial charge in [-0.1, -0.05) is 17.6 Å². The van der Waals surface area contributed by atoms with Crippen molar-refractivity contribution in [3.8, 4) is 11.5 Å². The Kier molecular flexibility index (Phi) is 6.31. The summed E-state index contributed by atoms with van der Waals surface area (Å²) >= 11 is 0. The van der Waals surface area contributed by atoms with E-state index in [0.717, 1.165) is 11.5 Å². The molecule has 0 aromatic heterocycles. The fourth-order valence-electron chi connectivity index (χ4n) is 2.48. The Balaban J connectivity index is 2.37. The minimum Gasteiger partial charge on any atom is -0.466 e. The Bertz CT molecular complexity index is 790. The van der Waals surface area contributed by atoms with Crippen molar-refractivity contribution in [2.24, 2.45) is 0 Å². The molecule has 8 heteroatoms. The van der Waals surface area contributed by atoms with Gasteiger partial charge in [-0.15, -0.1) is 0 Å². The average Bonchev–Trinajstić information content (AvgIpc) is 2.55. The van der Waals surface area contributed by atoms with Crippen LogP contribution in [-0.2, 0) is 28.7 Å². The predicted molar refractivity (Wildman–Crippen MR) is 92.4 cm³/mol. The zero-order chi connectivity index (χ0) is 19.3. The number of rotatable bonds is 6. The van der Waals surface area contributed by atoms with Gasteiger partial charge in [-0.05, 0) is 36.8 Å². The molecule has 0 heterocycles. The summed E-state index contributed by atoms with van der Waals surface area (Å²) in [6, 6.07) is 8.33. The molecule has 0 atom stereocenters. The van der Waals surface area contributed by atoms with Crippen molar-refractivity contribution in [1.29, 1.82) is 0 Å². The van der Waals surface area contributed by atoms with Gasteiger partial charge in [0.25, 0.3) is 0 Å². The van der Waals surface area contributed by atoms with Gasteiger partial charge < -0.3 is 14.6 Å². The standard InChI is InChI=1S/C18H18BF3O4/c1-2-25-17(24)9-11-8-14(4-5-15(11)18(20,21)22)26-16-6-3-13(19)7-12(16)10-23/h3-8,23H,2,9-10,19H2,1H3. The third kappa shape index (κ3) is 5.01. The minimum atomic E-state index is -4.60. The van der Waals surface area contributed by atoms with E-state index in [4.69, 9.17) is 9.47 Å². The number of aliphatic hydroxyl groups excluding tert-OH is 1. The molecular weight excluding hydrogens is 348 g/mol. The van der Waals surface area contributed by atoms with E-state index in [2.05, 4.69) is 0 Å². The number of alkyl halides is 3. The van der Waals surface area contributed by atoms with Crippen molar-refractivity contribution in [3.05, 3.63) is 53.1 Å². The molecule has 0 aliphatic heterocycles. The lowest BCUT2D eigenvalue weighted by molar-refractivity contribution is -0.143. The lowest BCUT2D eigenvalue weighted by Gasteiger charge is -2.15. The van der Waals surface area contributed by atoms with Crippen molar-refractivity contribution < 1.29 is 32.5 Å². The summed E-state index contributed by atoms with van der Waals surface area (Å²) in [6.07, 6.45) is -5.11. The number of hydrogen-bond acceptors (Lipinski definition) is 4. The quantitative estimate of drug-likeness (QED) is 0.630. The lowest BCUT2D eigenvalue weighted by atomic mass is 9.94. The molecule has 0 unspecified atom stereocenters. The highest BCUT2D eigenvalue weighted by Crippen LogP contribution is 2.35. The Morgan fingerprint density at radius 2 is 1.88 bits per heavy atom. The molecule has 0 aliphatic carbocycles. The van der Waals surface area contributed by atoms with Crippen LogP contribution in [0.4, 0.5) is 13.2 Å². The molecule has 0 bridgehead atoms. The van der Waals surface area contributed by atoms with Gasteiger partial charge in [0, 0.05) is 5.56 Å². The number of halogens is 3. The highest BCUT2D eigenvalue weighted by atomic mass is 19.4. The van der Waals surface area contributed by atoms with Gasteiger partial charge in [0.15, 0.2) is 0 Å². The highest BCUT2D eigenvalue weighted by molar-refractivity contribution is 6.32. The maximum atomic E-state index is 13.2. The second-order valence-electron chi connectivity index (χ2n) is 5.67. The van der Waals surface area contributed by atoms with Crippen LogP contribution < -0.4 is 10.2 Å². The summed E-state index contributed by atoms with van der Waals surface area (Å²) in [4.78, 5) is 11.6. The number of carbonyl (C=O) groups is 1. The van der Waals surface area contributed by atoms with Crippen LogP contribution in [-0.4, -0.2) is 25.5 Å². The number of hydrogen-bond donors (Lipinski definition) is 1. The number of carbonyl (C=O) groups excluding carboxylic acids is 1. The van der Waals surface area contributed by atoms with Gasteiger partial charge in [0.05, 0.1) is 25.2 Å². The first-order valence-electron chi connectivity index (χ1n) is 7.98. The first-order chi connectivity index (χ1) is 12.2. The number of ether oxygens (including phenoxy) is 2. The van der Waals surface area contributed by atoms with Crippen LogP contribution in [0.25, 0.3) is 0 Å². The molecule has 0 radical (unpaired) electrons. The van der Waals surface area contributed by atoms with Crippen molar-refractivity contribution in [2.45, 2.75) is 26.1 Å². The molecule has 26 heavy (non-hydrogen) atoms. The molecule has 138 valence electrons. The Hall–Kier alpha value is -2.48. The van der Waals surface area contributed by atoms with E-state index in [1.807, 2.05) is 7.85 Å². The predicted octanol–water partition coefficient (Wildman–Crippen LogP) is 2.35. The molecule has 0 amide bonds. The van der Waals surface area contributed by atoms with Gasteiger partial charge in [-0.3, -0.25) is 4.79 Å². The zero-order valence-electron chi connectivity index (χ0n) is 14.4. The third-order valence-corrected chi connectivity index (χ3v) is 3.64. The number of esters is 1. The largest absolute Gasteiger partial charge is 0.466 e. The van der Waals surface area contributed by atoms with Gasteiger partial charge in [0.2, 0.25) is 0 Å². The van der Waals surface area contributed by atoms with E-state index in [1.54, 1.807) is 25.1 Å². The van der Waals surface area contributed by atoms with E-state index in [-0.39, 0.29) is 24.5 Å². The summed E-state index contributed by atoms with van der Waals surface area (Å²) in [5.74, 6) is -0.280. The first-order valence-corrected chi connectivity index (χ1v) is 7.98. The zero-order valence-corrected chi connectivity index (χ0v) is 14.4.